The van der Waals surface area contributed by atoms with Crippen molar-refractivity contribution in [1.29, 1.82) is 0 Å². The summed E-state index contributed by atoms with van der Waals surface area (Å²) < 4.78 is 144. The highest BCUT2D eigenvalue weighted by molar-refractivity contribution is 6.32. The van der Waals surface area contributed by atoms with Crippen molar-refractivity contribution in [2.75, 3.05) is 65.4 Å². The Kier molecular flexibility index (Phi) is 33.4. The number of aldehydes is 1. The monoisotopic (exact) mass is 1960 g/mol. The average Bonchev–Trinajstić information content (AvgIpc) is 1.63. The second-order valence-corrected chi connectivity index (χ2v) is 40.6. The number of benzene rings is 9. The number of nitrogens with one attached hydrogen (secondary N) is 1. The second kappa shape index (κ2) is 45.3. The fourth-order valence-corrected chi connectivity index (χ4v) is 20.8. The fraction of sp³-hybridized carbons (Fsp3) is 0.427. The Bertz CT molecular complexity index is 6060. The lowest BCUT2D eigenvalue weighted by Crippen LogP contribution is -2.42. The number of carbonyl (C=O) groups is 3. The Balaban J connectivity index is 0.000000148. The zero-order valence-corrected chi connectivity index (χ0v) is 81.2. The number of carbonyl (C=O) groups excluding carboxylic acids is 3. The smallest absolute Gasteiger partial charge is 0.444 e. The molecule has 1 saturated carbocycles. The molecule has 3 aromatic heterocycles. The van der Waals surface area contributed by atoms with Crippen LogP contribution in [0.5, 0.6) is 17.2 Å². The molecule has 2 amide bonds. The molecule has 734 valence electrons. The molecule has 0 bridgehead atoms. The summed E-state index contributed by atoms with van der Waals surface area (Å²) in [6.07, 6.45) is 11.5. The molecular weight excluding hydrogens is 1840 g/mol. The van der Waals surface area contributed by atoms with E-state index in [4.69, 9.17) is 44.3 Å². The van der Waals surface area contributed by atoms with Gasteiger partial charge in [-0.05, 0) is 336 Å². The van der Waals surface area contributed by atoms with E-state index < -0.39 is 30.3 Å². The number of halogens is 12. The van der Waals surface area contributed by atoms with Crippen LogP contribution in [-0.4, -0.2) is 148 Å². The molecule has 8 heterocycles. The van der Waals surface area contributed by atoms with E-state index in [1.165, 1.54) is 102 Å². The van der Waals surface area contributed by atoms with Crippen LogP contribution in [0.2, 0.25) is 15.1 Å². The summed E-state index contributed by atoms with van der Waals surface area (Å²) in [5, 5.41) is 9.05. The molecule has 1 N–H and O–H groups in total. The Labute approximate surface area is 816 Å². The molecule has 0 unspecified atom stereocenters. The molecule has 12 aromatic rings. The van der Waals surface area contributed by atoms with Gasteiger partial charge in [-0.3, -0.25) is 14.6 Å². The van der Waals surface area contributed by atoms with E-state index in [1.807, 2.05) is 96.3 Å². The van der Waals surface area contributed by atoms with Gasteiger partial charge in [-0.2, -0.15) is 0 Å². The number of ether oxygens (including phenoxy) is 5. The van der Waals surface area contributed by atoms with E-state index >= 15 is 0 Å². The first kappa shape index (κ1) is 102. The van der Waals surface area contributed by atoms with Gasteiger partial charge in [0.2, 0.25) is 0 Å². The molecular formula is C110H122Cl3F9N8O8. The Morgan fingerprint density at radius 2 is 0.681 bits per heavy atom. The van der Waals surface area contributed by atoms with E-state index in [9.17, 15) is 53.9 Å². The first-order valence-electron chi connectivity index (χ1n) is 48.2. The highest BCUT2D eigenvalue weighted by atomic mass is 35.5. The number of aromatic nitrogens is 3. The van der Waals surface area contributed by atoms with Crippen molar-refractivity contribution in [3.63, 3.8) is 0 Å². The molecule has 1 aliphatic carbocycles. The van der Waals surface area contributed by atoms with E-state index in [2.05, 4.69) is 122 Å². The van der Waals surface area contributed by atoms with Crippen molar-refractivity contribution in [3.05, 3.63) is 267 Å². The molecule has 6 aliphatic rings. The van der Waals surface area contributed by atoms with Gasteiger partial charge in [-0.15, -0.1) is 39.5 Å². The highest BCUT2D eigenvalue weighted by Crippen LogP contribution is 2.44. The van der Waals surface area contributed by atoms with Crippen molar-refractivity contribution in [2.45, 2.75) is 219 Å². The van der Waals surface area contributed by atoms with Crippen molar-refractivity contribution in [1.82, 2.24) is 38.6 Å². The Morgan fingerprint density at radius 1 is 0.370 bits per heavy atom. The van der Waals surface area contributed by atoms with Gasteiger partial charge in [0.05, 0.1) is 0 Å². The number of hydrogen-bond acceptors (Lipinski definition) is 11. The van der Waals surface area contributed by atoms with Crippen molar-refractivity contribution in [2.24, 2.45) is 17.8 Å². The van der Waals surface area contributed by atoms with E-state index in [1.54, 1.807) is 58.3 Å². The van der Waals surface area contributed by atoms with Crippen LogP contribution in [0.15, 0.2) is 219 Å². The van der Waals surface area contributed by atoms with Crippen LogP contribution in [-0.2, 0) is 41.8 Å². The maximum atomic E-state index is 12.8. The van der Waals surface area contributed by atoms with Crippen LogP contribution in [0.4, 0.5) is 49.1 Å². The van der Waals surface area contributed by atoms with Gasteiger partial charge in [-0.1, -0.05) is 157 Å². The van der Waals surface area contributed by atoms with Crippen molar-refractivity contribution < 1.29 is 77.6 Å². The summed E-state index contributed by atoms with van der Waals surface area (Å²) >= 11 is 19.0. The van der Waals surface area contributed by atoms with Crippen LogP contribution in [0.25, 0.3) is 66.1 Å². The SMILES string of the molecule is CC(C)(C)OC(=O)N1CCC(n2cc(-c3ccc(OC(F)(F)F)cc3)c3cc(C=O)ccc32)CC1.CC(C)(C)OC(=O)N1CCC(n2cc(-c3ccc(OC(F)(F)F)cc3)c3cc(CN4CCC(Cc5ccccc5Cl)CC4)ccc32)CC1.Clc1ccccc1CC1CCNCC1.FC(F)(F)Oc1ccc(-c2cn(C3CCCCC3)c3ccc(CN4CCC(Cc5ccccc5Cl)CC4)cc23)cc1. The standard InChI is InChI=1S/C38H43ClF3N3O3.C34H36ClF3N2O.C26H27F3N2O4.C12H16ClN/c1-37(2,3)48-36(46)44-20-16-30(17-21-44)45-25-33(28-9-11-31(12-10-28)47-38(40,41)42)32-23-27(8-13-35(32)45)24-43-18-14-26(15-19-43)22-29-6-4-5-7-34(29)39;35-32-9-5-4-6-27(32)20-24-16-18-39(19-17-24)22-25-10-15-33-30(21-25)31(23-40(33)28-7-2-1-3-8-28)26-11-13-29(14-12-26)41-34(36,37)38;1-25(2,3)35-24(33)30-12-10-19(11-13-30)31-15-22(21-14-17(16-32)4-9-23(21)31)18-5-7-20(8-6-18)34-26(27,28)29;13-12-4-2-1-3-11(12)9-10-5-7-14-8-6-10/h4-13,23,25-26,30H,14-22,24H2,1-3H3;4-6,9-15,21,23-24,28H,1-3,7-8,16-20,22H2;4-9,14-16,19H,10-13H2,1-3H3;1-4,10,14H,5-9H2. The quantitative estimate of drug-likeness (QED) is 0.0577. The first-order valence-corrected chi connectivity index (χ1v) is 49.3. The molecule has 138 heavy (non-hydrogen) atoms. The minimum Gasteiger partial charge on any atom is -0.444 e. The Hall–Kier alpha value is -10.7. The molecule has 16 nitrogen and oxygen atoms in total. The van der Waals surface area contributed by atoms with Gasteiger partial charge < -0.3 is 52.5 Å². The summed E-state index contributed by atoms with van der Waals surface area (Å²) in [7, 11) is 0. The van der Waals surface area contributed by atoms with Gasteiger partial charge in [-0.25, -0.2) is 9.59 Å². The number of piperidine rings is 5. The predicted octanol–water partition coefficient (Wildman–Crippen LogP) is 29.2. The fourth-order valence-electron chi connectivity index (χ4n) is 20.1. The number of amides is 2. The van der Waals surface area contributed by atoms with E-state index in [0.29, 0.717) is 55.2 Å². The third-order valence-corrected chi connectivity index (χ3v) is 28.2. The largest absolute Gasteiger partial charge is 0.573 e. The van der Waals surface area contributed by atoms with Gasteiger partial charge in [0, 0.05) is 146 Å². The average molecular weight is 1960 g/mol. The van der Waals surface area contributed by atoms with Gasteiger partial charge in [0.15, 0.2) is 0 Å². The lowest BCUT2D eigenvalue weighted by Gasteiger charge is -2.34. The molecule has 28 heteroatoms. The third-order valence-electron chi connectivity index (χ3n) is 27.1. The van der Waals surface area contributed by atoms with Gasteiger partial charge in [0.1, 0.15) is 34.7 Å². The summed E-state index contributed by atoms with van der Waals surface area (Å²) in [5.41, 5.74) is 14.0. The predicted molar refractivity (Wildman–Crippen MR) is 529 cm³/mol. The maximum absolute atomic E-state index is 12.8. The number of fused-ring (bicyclic) bond motifs is 3. The van der Waals surface area contributed by atoms with Crippen LogP contribution >= 0.6 is 34.8 Å². The third kappa shape index (κ3) is 28.2. The number of rotatable bonds is 20. The minimum absolute atomic E-state index is 0.111. The number of hydrogen-bond donors (Lipinski definition) is 1. The van der Waals surface area contributed by atoms with Gasteiger partial charge in [0.25, 0.3) is 0 Å². The highest BCUT2D eigenvalue weighted by Gasteiger charge is 2.37. The number of likely N-dealkylation sites (tertiary alicyclic amines) is 4. The van der Waals surface area contributed by atoms with Crippen LogP contribution in [0.3, 0.4) is 0 Å². The summed E-state index contributed by atoms with van der Waals surface area (Å²) in [5.74, 6) is 1.33. The molecule has 0 atom stereocenters. The normalized spacial score (nSPS) is 17.0. The van der Waals surface area contributed by atoms with Crippen LogP contribution in [0.1, 0.15) is 194 Å². The lowest BCUT2D eigenvalue weighted by molar-refractivity contribution is -0.275. The van der Waals surface area contributed by atoms with E-state index in [-0.39, 0.29) is 41.5 Å². The topological polar surface area (TPSA) is 137 Å². The first-order chi connectivity index (χ1) is 65.9. The molecule has 0 spiro atoms. The minimum atomic E-state index is -4.76. The zero-order valence-electron chi connectivity index (χ0n) is 79.0. The molecule has 6 fully saturated rings. The maximum Gasteiger partial charge on any atom is 0.573 e. The molecule has 9 aromatic carbocycles. The van der Waals surface area contributed by atoms with Gasteiger partial charge >= 0.3 is 31.3 Å². The van der Waals surface area contributed by atoms with Crippen LogP contribution in [0, 0.1) is 17.8 Å². The van der Waals surface area contributed by atoms with Crippen molar-refractivity contribution >= 4 is 86.0 Å². The number of nitrogens with zero attached hydrogens (tertiary/aromatic N) is 7. The Morgan fingerprint density at radius 3 is 1.00 bits per heavy atom. The lowest BCUT2D eigenvalue weighted by atomic mass is 9.90. The molecule has 5 saturated heterocycles. The number of alkyl halides is 9. The summed E-state index contributed by atoms with van der Waals surface area (Å²) in [4.78, 5) is 45.0. The summed E-state index contributed by atoms with van der Waals surface area (Å²) in [6, 6.07) is 62.0. The molecule has 0 radical (unpaired) electrons. The molecule has 5 aliphatic heterocycles. The van der Waals surface area contributed by atoms with Crippen LogP contribution < -0.4 is 19.5 Å². The summed E-state index contributed by atoms with van der Waals surface area (Å²) in [6.45, 7) is 21.5. The molecule has 18 rings (SSSR count). The van der Waals surface area contributed by atoms with Crippen molar-refractivity contribution in [3.8, 4) is 50.6 Å². The second-order valence-electron chi connectivity index (χ2n) is 39.4. The van der Waals surface area contributed by atoms with E-state index in [0.717, 1.165) is 218 Å². The zero-order chi connectivity index (χ0) is 97.6.